The minimum atomic E-state index is 0.904. The summed E-state index contributed by atoms with van der Waals surface area (Å²) in [6.07, 6.45) is 1.98. The van der Waals surface area contributed by atoms with E-state index in [-0.39, 0.29) is 0 Å². The summed E-state index contributed by atoms with van der Waals surface area (Å²) in [5.41, 5.74) is 9.32. The van der Waals surface area contributed by atoms with Crippen LogP contribution in [-0.4, -0.2) is 13.1 Å². The van der Waals surface area contributed by atoms with Gasteiger partial charge in [0.05, 0.1) is 0 Å². The Hall–Kier alpha value is -4.70. The van der Waals surface area contributed by atoms with Crippen molar-refractivity contribution >= 4 is 34.1 Å². The van der Waals surface area contributed by atoms with E-state index in [0.29, 0.717) is 0 Å². The van der Waals surface area contributed by atoms with E-state index >= 15 is 0 Å². The van der Waals surface area contributed by atoms with Crippen molar-refractivity contribution in [2.45, 2.75) is 12.8 Å². The van der Waals surface area contributed by atoms with Crippen LogP contribution in [0.2, 0.25) is 0 Å². The molecule has 5 rings (SSSR count). The molecular weight excluding hydrogens is 464 g/mol. The molecule has 190 valence electrons. The number of anilines is 6. The van der Waals surface area contributed by atoms with Crippen LogP contribution in [-0.2, 0) is 12.8 Å². The van der Waals surface area contributed by atoms with Crippen LogP contribution in [0.15, 0.2) is 133 Å². The molecule has 5 aromatic carbocycles. The van der Waals surface area contributed by atoms with Gasteiger partial charge in [0, 0.05) is 47.2 Å². The molecule has 0 heterocycles. The average molecular weight is 499 g/mol. The number of benzene rings is 5. The summed E-state index contributed by atoms with van der Waals surface area (Å²) >= 11 is 0. The molecule has 0 aliphatic heterocycles. The molecule has 4 nitrogen and oxygen atoms in total. The molecule has 0 radical (unpaired) electrons. The third-order valence-corrected chi connectivity index (χ3v) is 6.40. The second-order valence-corrected chi connectivity index (χ2v) is 9.31. The molecule has 0 saturated carbocycles. The smallest absolute Gasteiger partial charge is 0.0385 e. The molecule has 4 heteroatoms. The van der Waals surface area contributed by atoms with Gasteiger partial charge in [-0.25, -0.2) is 0 Å². The zero-order chi connectivity index (χ0) is 25.8. The highest BCUT2D eigenvalue weighted by molar-refractivity contribution is 5.63. The van der Waals surface area contributed by atoms with Crippen molar-refractivity contribution in [1.29, 1.82) is 0 Å². The molecule has 0 saturated heterocycles. The molecule has 0 aliphatic carbocycles. The van der Waals surface area contributed by atoms with Gasteiger partial charge >= 0.3 is 0 Å². The van der Waals surface area contributed by atoms with Gasteiger partial charge in [-0.15, -0.1) is 0 Å². The minimum Gasteiger partial charge on any atom is -0.385 e. The molecule has 38 heavy (non-hydrogen) atoms. The molecule has 4 N–H and O–H groups in total. The second-order valence-electron chi connectivity index (χ2n) is 9.31. The van der Waals surface area contributed by atoms with Gasteiger partial charge in [-0.05, 0) is 96.8 Å². The normalized spacial score (nSPS) is 10.5. The second kappa shape index (κ2) is 13.0. The predicted molar refractivity (Wildman–Crippen MR) is 163 cm³/mol. The summed E-state index contributed by atoms with van der Waals surface area (Å²) in [5, 5.41) is 13.9. The van der Waals surface area contributed by atoms with E-state index in [0.717, 1.165) is 60.1 Å². The standard InChI is InChI=1S/C34H34N4/c1-3-7-31(8-4-1)37-33-19-15-29(16-20-33)35-25-23-27-11-13-28(14-12-27)24-26-36-30-17-21-34(22-18-30)38-32-9-5-2-6-10-32/h1-22,35-38H,23-26H2. The number of nitrogens with one attached hydrogen (secondary N) is 4. The SMILES string of the molecule is c1ccc(Nc2ccc(NCCc3ccc(CCNc4ccc(Nc5ccccc5)cc4)cc3)cc2)cc1. The van der Waals surface area contributed by atoms with Gasteiger partial charge in [-0.1, -0.05) is 60.7 Å². The number of hydrogen-bond donors (Lipinski definition) is 4. The van der Waals surface area contributed by atoms with Crippen molar-refractivity contribution in [3.63, 3.8) is 0 Å². The van der Waals surface area contributed by atoms with Crippen LogP contribution in [0.1, 0.15) is 11.1 Å². The highest BCUT2D eigenvalue weighted by Crippen LogP contribution is 2.20. The summed E-state index contributed by atoms with van der Waals surface area (Å²) in [4.78, 5) is 0. The van der Waals surface area contributed by atoms with Crippen LogP contribution in [0.5, 0.6) is 0 Å². The molecule has 0 aliphatic rings. The van der Waals surface area contributed by atoms with Crippen LogP contribution in [0.3, 0.4) is 0 Å². The predicted octanol–water partition coefficient (Wildman–Crippen LogP) is 8.48. The van der Waals surface area contributed by atoms with E-state index in [4.69, 9.17) is 0 Å². The van der Waals surface area contributed by atoms with Crippen molar-refractivity contribution in [3.8, 4) is 0 Å². The summed E-state index contributed by atoms with van der Waals surface area (Å²) in [7, 11) is 0. The fraction of sp³-hybridized carbons (Fsp3) is 0.118. The first kappa shape index (κ1) is 25.0. The number of hydrogen-bond acceptors (Lipinski definition) is 4. The number of para-hydroxylation sites is 2. The Morgan fingerprint density at radius 3 is 1.00 bits per heavy atom. The van der Waals surface area contributed by atoms with Gasteiger partial charge in [-0.3, -0.25) is 0 Å². The first-order valence-corrected chi connectivity index (χ1v) is 13.2. The monoisotopic (exact) mass is 498 g/mol. The Bertz CT molecular complexity index is 1260. The third kappa shape index (κ3) is 7.65. The van der Waals surface area contributed by atoms with E-state index in [2.05, 4.69) is 118 Å². The molecule has 0 bridgehead atoms. The largest absolute Gasteiger partial charge is 0.385 e. The summed E-state index contributed by atoms with van der Waals surface area (Å²) in [6.45, 7) is 1.81. The average Bonchev–Trinajstić information content (AvgIpc) is 2.97. The van der Waals surface area contributed by atoms with E-state index in [9.17, 15) is 0 Å². The molecular formula is C34H34N4. The lowest BCUT2D eigenvalue weighted by Gasteiger charge is -2.11. The van der Waals surface area contributed by atoms with E-state index in [1.165, 1.54) is 11.1 Å². The highest BCUT2D eigenvalue weighted by Gasteiger charge is 2.00. The molecule has 5 aromatic rings. The Labute approximate surface area is 225 Å². The maximum atomic E-state index is 3.53. The van der Waals surface area contributed by atoms with Crippen molar-refractivity contribution in [3.05, 3.63) is 145 Å². The lowest BCUT2D eigenvalue weighted by Crippen LogP contribution is -2.06. The zero-order valence-electron chi connectivity index (χ0n) is 21.5. The van der Waals surface area contributed by atoms with Gasteiger partial charge in [0.15, 0.2) is 0 Å². The molecule has 0 unspecified atom stereocenters. The number of rotatable bonds is 12. The quantitative estimate of drug-likeness (QED) is 0.139. The van der Waals surface area contributed by atoms with Gasteiger partial charge in [0.2, 0.25) is 0 Å². The molecule has 0 aromatic heterocycles. The molecule has 0 fully saturated rings. The van der Waals surface area contributed by atoms with Crippen molar-refractivity contribution in [1.82, 2.24) is 0 Å². The molecule has 0 amide bonds. The Kier molecular flexibility index (Phi) is 8.56. The minimum absolute atomic E-state index is 0.904. The van der Waals surface area contributed by atoms with Crippen LogP contribution >= 0.6 is 0 Å². The third-order valence-electron chi connectivity index (χ3n) is 6.40. The summed E-state index contributed by atoms with van der Waals surface area (Å²) < 4.78 is 0. The first-order chi connectivity index (χ1) is 18.8. The van der Waals surface area contributed by atoms with Gasteiger partial charge in [-0.2, -0.15) is 0 Å². The zero-order valence-corrected chi connectivity index (χ0v) is 21.5. The maximum absolute atomic E-state index is 3.53. The van der Waals surface area contributed by atoms with Crippen LogP contribution in [0.25, 0.3) is 0 Å². The first-order valence-electron chi connectivity index (χ1n) is 13.2. The summed E-state index contributed by atoms with van der Waals surface area (Å²) in [5.74, 6) is 0. The maximum Gasteiger partial charge on any atom is 0.0385 e. The lowest BCUT2D eigenvalue weighted by molar-refractivity contribution is 0.996. The molecule has 0 atom stereocenters. The topological polar surface area (TPSA) is 48.1 Å². The van der Waals surface area contributed by atoms with Crippen LogP contribution in [0, 0.1) is 0 Å². The Balaban J connectivity index is 1.01. The van der Waals surface area contributed by atoms with E-state index in [1.54, 1.807) is 0 Å². The van der Waals surface area contributed by atoms with Gasteiger partial charge < -0.3 is 21.3 Å². The Morgan fingerprint density at radius 2 is 0.632 bits per heavy atom. The molecule has 0 spiro atoms. The van der Waals surface area contributed by atoms with E-state index in [1.807, 2.05) is 36.4 Å². The van der Waals surface area contributed by atoms with Crippen LogP contribution < -0.4 is 21.3 Å². The fourth-order valence-corrected chi connectivity index (χ4v) is 4.29. The van der Waals surface area contributed by atoms with Crippen molar-refractivity contribution in [2.24, 2.45) is 0 Å². The highest BCUT2D eigenvalue weighted by atomic mass is 14.9. The van der Waals surface area contributed by atoms with E-state index < -0.39 is 0 Å². The van der Waals surface area contributed by atoms with Gasteiger partial charge in [0.25, 0.3) is 0 Å². The Morgan fingerprint density at radius 1 is 0.316 bits per heavy atom. The summed E-state index contributed by atoms with van der Waals surface area (Å²) in [6, 6.07) is 46.3. The van der Waals surface area contributed by atoms with Gasteiger partial charge in [0.1, 0.15) is 0 Å². The van der Waals surface area contributed by atoms with Crippen molar-refractivity contribution in [2.75, 3.05) is 34.4 Å². The fourth-order valence-electron chi connectivity index (χ4n) is 4.29. The lowest BCUT2D eigenvalue weighted by atomic mass is 10.1. The van der Waals surface area contributed by atoms with Crippen molar-refractivity contribution < 1.29 is 0 Å². The van der Waals surface area contributed by atoms with Crippen LogP contribution in [0.4, 0.5) is 34.1 Å².